The van der Waals surface area contributed by atoms with Gasteiger partial charge in [0, 0.05) is 22.8 Å². The lowest BCUT2D eigenvalue weighted by Crippen LogP contribution is -2.22. The van der Waals surface area contributed by atoms with E-state index in [1.807, 2.05) is 31.2 Å². The molecule has 106 valence electrons. The van der Waals surface area contributed by atoms with Crippen molar-refractivity contribution >= 4 is 17.2 Å². The molecule has 0 saturated carbocycles. The number of hydrogen-bond acceptors (Lipinski definition) is 5. The lowest BCUT2D eigenvalue weighted by molar-refractivity contribution is 0.0954. The average molecular weight is 299 g/mol. The highest BCUT2D eigenvalue weighted by molar-refractivity contribution is 7.13. The number of carbonyl (C=O) groups excluding carboxylic acids is 1. The van der Waals surface area contributed by atoms with Crippen molar-refractivity contribution in [2.24, 2.45) is 0 Å². The molecule has 0 bridgehead atoms. The van der Waals surface area contributed by atoms with Crippen LogP contribution in [0.3, 0.4) is 0 Å². The Labute approximate surface area is 125 Å². The molecule has 0 unspecified atom stereocenters. The molecule has 0 aromatic carbocycles. The van der Waals surface area contributed by atoms with E-state index >= 15 is 0 Å². The number of thiophene rings is 1. The highest BCUT2D eigenvalue weighted by atomic mass is 32.1. The fourth-order valence-electron chi connectivity index (χ4n) is 1.81. The molecular weight excluding hydrogens is 286 g/mol. The van der Waals surface area contributed by atoms with Gasteiger partial charge in [-0.25, -0.2) is 4.98 Å². The van der Waals surface area contributed by atoms with Gasteiger partial charge in [0.05, 0.1) is 11.4 Å². The zero-order valence-electron chi connectivity index (χ0n) is 11.3. The number of aromatic amines is 1. The summed E-state index contributed by atoms with van der Waals surface area (Å²) in [5, 5.41) is 9.77. The summed E-state index contributed by atoms with van der Waals surface area (Å²) in [5.74, 6) is 1.10. The molecule has 21 heavy (non-hydrogen) atoms. The van der Waals surface area contributed by atoms with Crippen LogP contribution in [0.1, 0.15) is 20.4 Å². The zero-order valence-corrected chi connectivity index (χ0v) is 12.1. The van der Waals surface area contributed by atoms with E-state index in [2.05, 4.69) is 25.5 Å². The molecule has 3 heterocycles. The van der Waals surface area contributed by atoms with Crippen molar-refractivity contribution < 1.29 is 4.79 Å². The van der Waals surface area contributed by atoms with E-state index < -0.39 is 0 Å². The third-order valence-electron chi connectivity index (χ3n) is 2.85. The summed E-state index contributed by atoms with van der Waals surface area (Å²) in [4.78, 5) is 22.0. The maximum atomic E-state index is 11.9. The quantitative estimate of drug-likeness (QED) is 0.773. The number of nitrogens with one attached hydrogen (secondary N) is 2. The van der Waals surface area contributed by atoms with Crippen LogP contribution in [-0.4, -0.2) is 26.1 Å². The second-order valence-corrected chi connectivity index (χ2v) is 5.72. The largest absolute Gasteiger partial charge is 0.344 e. The molecule has 0 fully saturated rings. The number of rotatable bonds is 4. The molecule has 3 aromatic rings. The summed E-state index contributed by atoms with van der Waals surface area (Å²) in [6, 6.07) is 7.41. The highest BCUT2D eigenvalue weighted by Gasteiger charge is 2.10. The van der Waals surface area contributed by atoms with Crippen LogP contribution in [0.4, 0.5) is 0 Å². The van der Waals surface area contributed by atoms with Crippen molar-refractivity contribution in [2.75, 3.05) is 0 Å². The van der Waals surface area contributed by atoms with Gasteiger partial charge < -0.3 is 5.32 Å². The Morgan fingerprint density at radius 3 is 2.81 bits per heavy atom. The monoisotopic (exact) mass is 299 g/mol. The zero-order chi connectivity index (χ0) is 14.7. The van der Waals surface area contributed by atoms with Gasteiger partial charge in [-0.05, 0) is 31.2 Å². The van der Waals surface area contributed by atoms with Crippen LogP contribution in [0.5, 0.6) is 0 Å². The molecule has 1 amide bonds. The second kappa shape index (κ2) is 5.84. The van der Waals surface area contributed by atoms with Gasteiger partial charge in [0.15, 0.2) is 5.82 Å². The minimum Gasteiger partial charge on any atom is -0.344 e. The van der Waals surface area contributed by atoms with E-state index in [0.717, 1.165) is 10.4 Å². The lowest BCUT2D eigenvalue weighted by Gasteiger charge is -1.99. The van der Waals surface area contributed by atoms with Crippen molar-refractivity contribution in [1.29, 1.82) is 0 Å². The highest BCUT2D eigenvalue weighted by Crippen LogP contribution is 2.15. The first-order chi connectivity index (χ1) is 10.2. The van der Waals surface area contributed by atoms with Crippen molar-refractivity contribution in [3.8, 4) is 11.4 Å². The normalized spacial score (nSPS) is 10.5. The molecule has 0 aliphatic carbocycles. The van der Waals surface area contributed by atoms with E-state index in [-0.39, 0.29) is 5.91 Å². The Morgan fingerprint density at radius 1 is 1.29 bits per heavy atom. The van der Waals surface area contributed by atoms with Crippen LogP contribution < -0.4 is 5.32 Å². The number of hydrogen-bond donors (Lipinski definition) is 2. The summed E-state index contributed by atoms with van der Waals surface area (Å²) in [6.07, 6.45) is 3.37. The fourth-order valence-corrected chi connectivity index (χ4v) is 2.60. The Hall–Kier alpha value is -2.54. The Balaban J connectivity index is 1.64. The van der Waals surface area contributed by atoms with Crippen LogP contribution in [0, 0.1) is 6.92 Å². The molecule has 0 radical (unpaired) electrons. The number of H-pyrrole nitrogens is 1. The molecule has 2 N–H and O–H groups in total. The molecular formula is C14H13N5OS. The maximum absolute atomic E-state index is 11.9. The Bertz CT molecular complexity index is 750. The van der Waals surface area contributed by atoms with E-state index in [1.54, 1.807) is 12.4 Å². The number of amides is 1. The lowest BCUT2D eigenvalue weighted by atomic mass is 10.2. The first kappa shape index (κ1) is 13.4. The Kier molecular flexibility index (Phi) is 3.74. The standard InChI is InChI=1S/C14H13N5OS/c1-9-2-3-11(21-9)14(20)16-8-12-17-13(19-18-12)10-4-6-15-7-5-10/h2-7H,8H2,1H3,(H,16,20)(H,17,18,19). The van der Waals surface area contributed by atoms with E-state index in [9.17, 15) is 4.79 Å². The summed E-state index contributed by atoms with van der Waals surface area (Å²) in [5.41, 5.74) is 0.882. The van der Waals surface area contributed by atoms with Gasteiger partial charge in [-0.2, -0.15) is 5.10 Å². The summed E-state index contributed by atoms with van der Waals surface area (Å²) >= 11 is 1.47. The Morgan fingerprint density at radius 2 is 2.10 bits per heavy atom. The summed E-state index contributed by atoms with van der Waals surface area (Å²) < 4.78 is 0. The topological polar surface area (TPSA) is 83.6 Å². The van der Waals surface area contributed by atoms with Crippen LogP contribution in [-0.2, 0) is 6.54 Å². The van der Waals surface area contributed by atoms with Gasteiger partial charge >= 0.3 is 0 Å². The molecule has 0 atom stereocenters. The van der Waals surface area contributed by atoms with Crippen LogP contribution in [0.25, 0.3) is 11.4 Å². The van der Waals surface area contributed by atoms with E-state index in [1.165, 1.54) is 11.3 Å². The predicted octanol–water partition coefficient (Wildman–Crippen LogP) is 2.17. The molecule has 0 aliphatic rings. The third kappa shape index (κ3) is 3.14. The predicted molar refractivity (Wildman–Crippen MR) is 79.8 cm³/mol. The van der Waals surface area contributed by atoms with Gasteiger partial charge in [-0.3, -0.25) is 14.9 Å². The first-order valence-corrected chi connectivity index (χ1v) is 7.20. The summed E-state index contributed by atoms with van der Waals surface area (Å²) in [6.45, 7) is 2.28. The number of pyridine rings is 1. The molecule has 3 aromatic heterocycles. The molecule has 6 nitrogen and oxygen atoms in total. The minimum atomic E-state index is -0.102. The average Bonchev–Trinajstić information content (AvgIpc) is 3.15. The smallest absolute Gasteiger partial charge is 0.261 e. The molecule has 0 spiro atoms. The van der Waals surface area contributed by atoms with Gasteiger partial charge in [-0.1, -0.05) is 0 Å². The first-order valence-electron chi connectivity index (χ1n) is 6.39. The maximum Gasteiger partial charge on any atom is 0.261 e. The van der Waals surface area contributed by atoms with Gasteiger partial charge in [0.2, 0.25) is 0 Å². The van der Waals surface area contributed by atoms with Gasteiger partial charge in [-0.15, -0.1) is 11.3 Å². The van der Waals surface area contributed by atoms with Crippen LogP contribution in [0.2, 0.25) is 0 Å². The number of nitrogens with zero attached hydrogens (tertiary/aromatic N) is 3. The van der Waals surface area contributed by atoms with Gasteiger partial charge in [0.1, 0.15) is 5.82 Å². The van der Waals surface area contributed by atoms with Crippen LogP contribution >= 0.6 is 11.3 Å². The molecule has 7 heteroatoms. The molecule has 3 rings (SSSR count). The number of aromatic nitrogens is 4. The van der Waals surface area contributed by atoms with Crippen molar-refractivity contribution in [3.63, 3.8) is 0 Å². The fraction of sp³-hybridized carbons (Fsp3) is 0.143. The molecule has 0 aliphatic heterocycles. The van der Waals surface area contributed by atoms with Gasteiger partial charge in [0.25, 0.3) is 5.91 Å². The number of aryl methyl sites for hydroxylation is 1. The molecule has 0 saturated heterocycles. The number of carbonyl (C=O) groups is 1. The van der Waals surface area contributed by atoms with E-state index in [4.69, 9.17) is 0 Å². The van der Waals surface area contributed by atoms with Crippen LogP contribution in [0.15, 0.2) is 36.7 Å². The minimum absolute atomic E-state index is 0.102. The second-order valence-electron chi connectivity index (χ2n) is 4.43. The van der Waals surface area contributed by atoms with Crippen molar-refractivity contribution in [1.82, 2.24) is 25.5 Å². The SMILES string of the molecule is Cc1ccc(C(=O)NCc2nc(-c3ccncc3)n[nH]2)s1. The summed E-state index contributed by atoms with van der Waals surface area (Å²) in [7, 11) is 0. The third-order valence-corrected chi connectivity index (χ3v) is 3.85. The van der Waals surface area contributed by atoms with E-state index in [0.29, 0.717) is 23.1 Å². The van der Waals surface area contributed by atoms with Crippen molar-refractivity contribution in [3.05, 3.63) is 52.2 Å². The van der Waals surface area contributed by atoms with Crippen molar-refractivity contribution in [2.45, 2.75) is 13.5 Å².